The zero-order valence-corrected chi connectivity index (χ0v) is 3.03. The highest BCUT2D eigenvalue weighted by molar-refractivity contribution is 7.92. The van der Waals surface area contributed by atoms with Crippen molar-refractivity contribution in [2.45, 2.75) is 0 Å². The van der Waals surface area contributed by atoms with Crippen LogP contribution >= 0.6 is 12.2 Å². The fourth-order valence-corrected chi connectivity index (χ4v) is 0.250. The second-order valence-corrected chi connectivity index (χ2v) is 0.929. The summed E-state index contributed by atoms with van der Waals surface area (Å²) in [5.41, 5.74) is 0. The van der Waals surface area contributed by atoms with E-state index in [2.05, 4.69) is 19.6 Å². The topological polar surface area (TPSA) is 46.0 Å². The van der Waals surface area contributed by atoms with Crippen molar-refractivity contribution in [3.63, 3.8) is 0 Å². The van der Waals surface area contributed by atoms with Gasteiger partial charge in [0.05, 0.1) is 5.28 Å². The standard InChI is InChI=1S/HN3OS/c1-2-4-5-3-1/h(H,2,3). The van der Waals surface area contributed by atoms with Crippen LogP contribution in [0.3, 0.4) is 0 Å². The summed E-state index contributed by atoms with van der Waals surface area (Å²) in [5.74, 6) is 0. The van der Waals surface area contributed by atoms with E-state index in [1.165, 1.54) is 0 Å². The number of hydrogen-bond donors (Lipinski definition) is 1. The lowest BCUT2D eigenvalue weighted by Crippen LogP contribution is -1.77. The van der Waals surface area contributed by atoms with Crippen LogP contribution in [0.5, 0.6) is 0 Å². The first kappa shape index (κ1) is 2.77. The maximum absolute atomic E-state index is 4.21. The van der Waals surface area contributed by atoms with E-state index in [4.69, 9.17) is 0 Å². The van der Waals surface area contributed by atoms with Crippen LogP contribution in [-0.2, 0) is 4.28 Å². The molecule has 0 spiro atoms. The van der Waals surface area contributed by atoms with Crippen molar-refractivity contribution >= 4 is 12.2 Å². The molecule has 0 aromatic rings. The lowest BCUT2D eigenvalue weighted by atomic mass is 12.7. The summed E-state index contributed by atoms with van der Waals surface area (Å²) in [6, 6.07) is 0. The van der Waals surface area contributed by atoms with Gasteiger partial charge in [-0.05, 0) is 5.22 Å². The fraction of sp³-hybridized carbons (Fsp3) is 0. The van der Waals surface area contributed by atoms with Gasteiger partial charge in [-0.1, -0.05) is 0 Å². The van der Waals surface area contributed by atoms with Crippen LogP contribution in [0, 0.1) is 0 Å². The third-order valence-electron chi connectivity index (χ3n) is 0.190. The normalized spacial score (nSPS) is 17.6. The molecule has 1 N–H and O–H groups in total. The third kappa shape index (κ3) is 0.412. The van der Waals surface area contributed by atoms with Crippen molar-refractivity contribution < 1.29 is 4.28 Å². The van der Waals surface area contributed by atoms with Gasteiger partial charge < -0.3 is 0 Å². The molecule has 1 rings (SSSR count). The van der Waals surface area contributed by atoms with E-state index in [1.54, 1.807) is 0 Å². The van der Waals surface area contributed by atoms with Gasteiger partial charge in [-0.15, -0.1) is 0 Å². The van der Waals surface area contributed by atoms with Crippen LogP contribution in [0.2, 0.25) is 0 Å². The van der Waals surface area contributed by atoms with E-state index in [9.17, 15) is 0 Å². The summed E-state index contributed by atoms with van der Waals surface area (Å²) in [5, 5.41) is 6.26. The molecule has 0 aromatic carbocycles. The Morgan fingerprint density at radius 3 is 3.00 bits per heavy atom. The number of nitrogens with zero attached hydrogens (tertiary/aromatic N) is 2. The Kier molecular flexibility index (Phi) is 0.618. The summed E-state index contributed by atoms with van der Waals surface area (Å²) >= 11 is 0.991. The third-order valence-corrected chi connectivity index (χ3v) is 0.487. The molecule has 5 heteroatoms. The molecule has 0 atom stereocenters. The second-order valence-electron chi connectivity index (χ2n) is 0.431. The Hall–Kier alpha value is -0.450. The van der Waals surface area contributed by atoms with Gasteiger partial charge in [0.1, 0.15) is 0 Å². The minimum atomic E-state index is 0.991. The zero-order chi connectivity index (χ0) is 3.54. The molecule has 0 unspecified atom stereocenters. The lowest BCUT2D eigenvalue weighted by Gasteiger charge is -1.69. The molecule has 28 valence electrons. The Balaban J connectivity index is 2.32. The van der Waals surface area contributed by atoms with Crippen LogP contribution in [-0.4, -0.2) is 0 Å². The van der Waals surface area contributed by atoms with Gasteiger partial charge in [0.2, 0.25) is 12.2 Å². The van der Waals surface area contributed by atoms with Gasteiger partial charge >= 0.3 is 0 Å². The Labute approximate surface area is 32.9 Å². The molecular formula is HN3OS. The molecule has 0 saturated carbocycles. The maximum Gasteiger partial charge on any atom is 0.228 e. The van der Waals surface area contributed by atoms with Gasteiger partial charge in [-0.25, -0.2) is 0 Å². The molecule has 4 nitrogen and oxygen atoms in total. The Bertz CT molecular complexity index is 44.9. The van der Waals surface area contributed by atoms with E-state index < -0.39 is 0 Å². The molecule has 0 fully saturated rings. The molecule has 5 heavy (non-hydrogen) atoms. The van der Waals surface area contributed by atoms with Crippen molar-refractivity contribution in [3.05, 3.63) is 0 Å². The SMILES string of the molecule is N1=NOSN1. The Morgan fingerprint density at radius 1 is 1.80 bits per heavy atom. The molecule has 1 aliphatic heterocycles. The largest absolute Gasteiger partial charge is 0.277 e. The van der Waals surface area contributed by atoms with Crippen molar-refractivity contribution in [2.24, 2.45) is 10.5 Å². The highest BCUT2D eigenvalue weighted by Crippen LogP contribution is 2.02. The van der Waals surface area contributed by atoms with Crippen molar-refractivity contribution in [2.75, 3.05) is 0 Å². The smallest absolute Gasteiger partial charge is 0.228 e. The van der Waals surface area contributed by atoms with Crippen LogP contribution in [0.25, 0.3) is 0 Å². The molecule has 0 amide bonds. The van der Waals surface area contributed by atoms with Gasteiger partial charge in [0.15, 0.2) is 0 Å². The lowest BCUT2D eigenvalue weighted by molar-refractivity contribution is 0.387. The molecule has 0 saturated heterocycles. The summed E-state index contributed by atoms with van der Waals surface area (Å²) < 4.78 is 4.21. The molecule has 0 aromatic heterocycles. The van der Waals surface area contributed by atoms with E-state index >= 15 is 0 Å². The van der Waals surface area contributed by atoms with Gasteiger partial charge in [0, 0.05) is 0 Å². The zero-order valence-electron chi connectivity index (χ0n) is 2.21. The predicted molar refractivity (Wildman–Crippen MR) is 16.7 cm³/mol. The minimum Gasteiger partial charge on any atom is -0.277 e. The van der Waals surface area contributed by atoms with Gasteiger partial charge in [0.25, 0.3) is 0 Å². The summed E-state index contributed by atoms with van der Waals surface area (Å²) in [4.78, 5) is 2.38. The quantitative estimate of drug-likeness (QED) is 0.348. The predicted octanol–water partition coefficient (Wildman–Crippen LogP) is 0.452. The summed E-state index contributed by atoms with van der Waals surface area (Å²) in [7, 11) is 0. The van der Waals surface area contributed by atoms with Gasteiger partial charge in [-0.3, -0.25) is 4.28 Å². The fourth-order valence-electron chi connectivity index (χ4n) is 0.0833. The van der Waals surface area contributed by atoms with Crippen molar-refractivity contribution in [1.29, 1.82) is 0 Å². The van der Waals surface area contributed by atoms with Crippen molar-refractivity contribution in [1.82, 2.24) is 4.83 Å². The Morgan fingerprint density at radius 2 is 2.80 bits per heavy atom. The molecule has 1 heterocycles. The monoisotopic (exact) mass is 91.0 g/mol. The second kappa shape index (κ2) is 1.12. The molecule has 0 radical (unpaired) electrons. The number of rotatable bonds is 0. The maximum atomic E-state index is 4.21. The molecule has 1 aliphatic rings. The highest BCUT2D eigenvalue weighted by atomic mass is 32.2. The molecule has 0 bridgehead atoms. The number of hydrogen-bond acceptors (Lipinski definition) is 5. The van der Waals surface area contributed by atoms with Crippen LogP contribution in [0.4, 0.5) is 0 Å². The van der Waals surface area contributed by atoms with Crippen LogP contribution in [0.15, 0.2) is 10.5 Å². The first-order chi connectivity index (χ1) is 2.50. The van der Waals surface area contributed by atoms with Crippen molar-refractivity contribution in [3.8, 4) is 0 Å². The van der Waals surface area contributed by atoms with E-state index in [1.807, 2.05) is 0 Å². The minimum absolute atomic E-state index is 0.991. The molecule has 0 aliphatic carbocycles. The average Bonchev–Trinajstić information content (AvgIpc) is 1.76. The van der Waals surface area contributed by atoms with Gasteiger partial charge in [-0.2, -0.15) is 4.83 Å². The van der Waals surface area contributed by atoms with E-state index in [0.29, 0.717) is 0 Å². The highest BCUT2D eigenvalue weighted by Gasteiger charge is 1.87. The van der Waals surface area contributed by atoms with E-state index in [0.717, 1.165) is 12.2 Å². The first-order valence-corrected chi connectivity index (χ1v) is 1.72. The summed E-state index contributed by atoms with van der Waals surface area (Å²) in [6.07, 6.45) is 0. The molecular weight excluding hydrogens is 90.1 g/mol. The average molecular weight is 91.1 g/mol. The first-order valence-electron chi connectivity index (χ1n) is 0.977. The number of nitrogens with one attached hydrogen (secondary N) is 1. The van der Waals surface area contributed by atoms with Crippen LogP contribution in [0.1, 0.15) is 0 Å². The summed E-state index contributed by atoms with van der Waals surface area (Å²) in [6.45, 7) is 0. The van der Waals surface area contributed by atoms with Crippen LogP contribution < -0.4 is 4.83 Å². The van der Waals surface area contributed by atoms with E-state index in [-0.39, 0.29) is 0 Å².